The molecule has 0 atom stereocenters. The number of thiocarbonyl (C=S) groups is 1. The number of nitrogens with zero attached hydrogens (tertiary/aromatic N) is 1. The average molecular weight is 228 g/mol. The largest absolute Gasteiger partial charge is 0.389 e. The van der Waals surface area contributed by atoms with E-state index in [2.05, 4.69) is 32.7 Å². The Balaban J connectivity index is 3.26. The molecule has 2 N–H and O–H groups in total. The minimum atomic E-state index is 0.0166. The van der Waals surface area contributed by atoms with Gasteiger partial charge in [0.05, 0.1) is 15.6 Å². The Kier molecular flexibility index (Phi) is 3.27. The number of hydrogen-bond acceptors (Lipinski definition) is 3. The Bertz CT molecular complexity index is 347. The maximum absolute atomic E-state index is 5.68. The summed E-state index contributed by atoms with van der Waals surface area (Å²) in [5, 5.41) is 1.11. The Morgan fingerprint density at radius 1 is 1.50 bits per heavy atom. The van der Waals surface area contributed by atoms with E-state index >= 15 is 0 Å². The molecule has 0 spiro atoms. The Labute approximate surface area is 94.5 Å². The average Bonchev–Trinajstić information content (AvgIpc) is 2.46. The van der Waals surface area contributed by atoms with E-state index in [1.165, 1.54) is 0 Å². The molecule has 78 valence electrons. The topological polar surface area (TPSA) is 38.9 Å². The van der Waals surface area contributed by atoms with Crippen molar-refractivity contribution in [3.63, 3.8) is 0 Å². The van der Waals surface area contributed by atoms with Crippen molar-refractivity contribution in [2.45, 2.75) is 39.5 Å². The highest BCUT2D eigenvalue weighted by Crippen LogP contribution is 2.29. The van der Waals surface area contributed by atoms with Gasteiger partial charge in [0, 0.05) is 5.41 Å². The Hall–Kier alpha value is -0.480. The summed E-state index contributed by atoms with van der Waals surface area (Å²) in [5.41, 5.74) is 6.73. The van der Waals surface area contributed by atoms with Crippen LogP contribution in [0, 0.1) is 0 Å². The second kappa shape index (κ2) is 3.95. The van der Waals surface area contributed by atoms with Crippen LogP contribution < -0.4 is 5.73 Å². The summed E-state index contributed by atoms with van der Waals surface area (Å²) in [7, 11) is 0. The number of nitrogens with two attached hydrogens (primary N) is 1. The van der Waals surface area contributed by atoms with Crippen molar-refractivity contribution in [2.75, 3.05) is 0 Å². The van der Waals surface area contributed by atoms with Crippen LogP contribution in [-0.2, 0) is 11.8 Å². The van der Waals surface area contributed by atoms with Crippen molar-refractivity contribution in [3.05, 3.63) is 15.6 Å². The van der Waals surface area contributed by atoms with Gasteiger partial charge in [-0.15, -0.1) is 11.3 Å². The van der Waals surface area contributed by atoms with Crippen LogP contribution in [-0.4, -0.2) is 9.97 Å². The molecule has 0 saturated carbocycles. The molecule has 1 aromatic heterocycles. The number of rotatable bonds is 2. The van der Waals surface area contributed by atoms with E-state index in [0.29, 0.717) is 4.99 Å². The Morgan fingerprint density at radius 3 is 2.36 bits per heavy atom. The van der Waals surface area contributed by atoms with Gasteiger partial charge in [-0.3, -0.25) is 0 Å². The van der Waals surface area contributed by atoms with E-state index < -0.39 is 0 Å². The molecule has 0 aliphatic rings. The van der Waals surface area contributed by atoms with Crippen molar-refractivity contribution < 1.29 is 0 Å². The predicted octanol–water partition coefficient (Wildman–Crippen LogP) is 2.64. The number of hydrogen-bond donors (Lipinski definition) is 1. The fourth-order valence-corrected chi connectivity index (χ4v) is 2.48. The lowest BCUT2D eigenvalue weighted by atomic mass is 9.91. The highest BCUT2D eigenvalue weighted by Gasteiger charge is 2.23. The minimum absolute atomic E-state index is 0.0166. The van der Waals surface area contributed by atoms with E-state index in [1.807, 2.05) is 0 Å². The van der Waals surface area contributed by atoms with Crippen LogP contribution in [0.3, 0.4) is 0 Å². The zero-order valence-electron chi connectivity index (χ0n) is 9.05. The van der Waals surface area contributed by atoms with Crippen LogP contribution in [0.25, 0.3) is 0 Å². The lowest BCUT2D eigenvalue weighted by Gasteiger charge is -2.16. The molecule has 2 nitrogen and oxygen atoms in total. The third-order valence-electron chi connectivity index (χ3n) is 1.91. The first-order chi connectivity index (χ1) is 6.36. The highest BCUT2D eigenvalue weighted by molar-refractivity contribution is 7.81. The molecule has 0 aromatic carbocycles. The molecule has 1 aromatic rings. The van der Waals surface area contributed by atoms with Crippen molar-refractivity contribution in [2.24, 2.45) is 5.73 Å². The molecule has 0 aliphatic carbocycles. The van der Waals surface area contributed by atoms with Gasteiger partial charge in [0.15, 0.2) is 0 Å². The quantitative estimate of drug-likeness (QED) is 0.791. The zero-order valence-corrected chi connectivity index (χ0v) is 10.7. The summed E-state index contributed by atoms with van der Waals surface area (Å²) < 4.78 is 0. The van der Waals surface area contributed by atoms with Crippen LogP contribution in [0.1, 0.15) is 43.3 Å². The van der Waals surface area contributed by atoms with E-state index in [9.17, 15) is 0 Å². The normalized spacial score (nSPS) is 11.7. The molecule has 0 saturated heterocycles. The second-order valence-corrected chi connectivity index (χ2v) is 5.78. The van der Waals surface area contributed by atoms with Gasteiger partial charge >= 0.3 is 0 Å². The third-order valence-corrected chi connectivity index (χ3v) is 3.47. The summed E-state index contributed by atoms with van der Waals surface area (Å²) >= 11 is 6.65. The van der Waals surface area contributed by atoms with Gasteiger partial charge in [0.25, 0.3) is 0 Å². The standard InChI is InChI=1S/C10H16N2S2/c1-5-6-12-8(10(2,3)4)7(14-6)9(11)13/h5H2,1-4H3,(H2,11,13). The molecule has 0 aliphatic heterocycles. The molecule has 14 heavy (non-hydrogen) atoms. The molecule has 0 radical (unpaired) electrons. The maximum atomic E-state index is 5.68. The molecular weight excluding hydrogens is 212 g/mol. The maximum Gasteiger partial charge on any atom is 0.116 e. The van der Waals surface area contributed by atoms with E-state index in [1.54, 1.807) is 11.3 Å². The van der Waals surface area contributed by atoms with Crippen molar-refractivity contribution >= 4 is 28.5 Å². The lowest BCUT2D eigenvalue weighted by Crippen LogP contribution is -2.19. The van der Waals surface area contributed by atoms with Gasteiger partial charge in [-0.25, -0.2) is 4.98 Å². The molecule has 4 heteroatoms. The van der Waals surface area contributed by atoms with Crippen LogP contribution >= 0.6 is 23.6 Å². The molecule has 0 amide bonds. The van der Waals surface area contributed by atoms with Crippen molar-refractivity contribution in [1.29, 1.82) is 0 Å². The van der Waals surface area contributed by atoms with Crippen LogP contribution in [0.15, 0.2) is 0 Å². The number of aryl methyl sites for hydroxylation is 1. The lowest BCUT2D eigenvalue weighted by molar-refractivity contribution is 0.570. The predicted molar refractivity (Wildman–Crippen MR) is 66.1 cm³/mol. The summed E-state index contributed by atoms with van der Waals surface area (Å²) in [5.74, 6) is 0. The fraction of sp³-hybridized carbons (Fsp3) is 0.600. The minimum Gasteiger partial charge on any atom is -0.389 e. The molecule has 1 rings (SSSR count). The smallest absolute Gasteiger partial charge is 0.116 e. The molecule has 0 unspecified atom stereocenters. The van der Waals surface area contributed by atoms with Gasteiger partial charge < -0.3 is 5.73 Å². The molecule has 0 bridgehead atoms. The summed E-state index contributed by atoms with van der Waals surface area (Å²) in [6.45, 7) is 8.48. The van der Waals surface area contributed by atoms with E-state index in [-0.39, 0.29) is 5.41 Å². The third kappa shape index (κ3) is 2.30. The van der Waals surface area contributed by atoms with Crippen molar-refractivity contribution in [3.8, 4) is 0 Å². The van der Waals surface area contributed by atoms with Gasteiger partial charge in [-0.2, -0.15) is 0 Å². The summed E-state index contributed by atoms with van der Waals surface area (Å²) in [6.07, 6.45) is 0.941. The second-order valence-electron chi connectivity index (χ2n) is 4.25. The summed E-state index contributed by atoms with van der Waals surface area (Å²) in [4.78, 5) is 6.01. The van der Waals surface area contributed by atoms with Crippen LogP contribution in [0.2, 0.25) is 0 Å². The van der Waals surface area contributed by atoms with Gasteiger partial charge in [-0.05, 0) is 6.42 Å². The fourth-order valence-electron chi connectivity index (χ4n) is 1.19. The highest BCUT2D eigenvalue weighted by atomic mass is 32.1. The van der Waals surface area contributed by atoms with E-state index in [0.717, 1.165) is 22.0 Å². The van der Waals surface area contributed by atoms with E-state index in [4.69, 9.17) is 18.0 Å². The first-order valence-electron chi connectivity index (χ1n) is 4.66. The first-order valence-corrected chi connectivity index (χ1v) is 5.88. The number of thiazole rings is 1. The summed E-state index contributed by atoms with van der Waals surface area (Å²) in [6, 6.07) is 0. The SMILES string of the molecule is CCc1nc(C(C)(C)C)c(C(N)=S)s1. The van der Waals surface area contributed by atoms with Crippen LogP contribution in [0.5, 0.6) is 0 Å². The van der Waals surface area contributed by atoms with Crippen LogP contribution in [0.4, 0.5) is 0 Å². The Morgan fingerprint density at radius 2 is 2.07 bits per heavy atom. The monoisotopic (exact) mass is 228 g/mol. The molecular formula is C10H16N2S2. The molecule has 0 fully saturated rings. The van der Waals surface area contributed by atoms with Gasteiger partial charge in [0.2, 0.25) is 0 Å². The van der Waals surface area contributed by atoms with Gasteiger partial charge in [0.1, 0.15) is 4.99 Å². The van der Waals surface area contributed by atoms with Gasteiger partial charge in [-0.1, -0.05) is 39.9 Å². The van der Waals surface area contributed by atoms with Crippen molar-refractivity contribution in [1.82, 2.24) is 4.98 Å². The first kappa shape index (κ1) is 11.6. The molecule has 1 heterocycles. The number of aromatic nitrogens is 1. The zero-order chi connectivity index (χ0) is 10.9.